The summed E-state index contributed by atoms with van der Waals surface area (Å²) < 4.78 is 7.50. The molecule has 0 radical (unpaired) electrons. The standard InChI is InChI=1S/C21H28N4O2/c1-4-9-23-10-5-11-24(14-13-23)21(26)19-8-12-25(22-19)16-27-20-7-6-17(2)15-18(20)3/h4,6-8,12,15H,1,5,9-11,13-14,16H2,2-3H3. The van der Waals surface area contributed by atoms with Gasteiger partial charge in [-0.2, -0.15) is 5.10 Å². The van der Waals surface area contributed by atoms with E-state index in [-0.39, 0.29) is 12.6 Å². The highest BCUT2D eigenvalue weighted by Crippen LogP contribution is 2.19. The summed E-state index contributed by atoms with van der Waals surface area (Å²) in [5.41, 5.74) is 2.76. The number of carbonyl (C=O) groups excluding carboxylic acids is 1. The first-order valence-electron chi connectivity index (χ1n) is 9.43. The molecule has 3 rings (SSSR count). The van der Waals surface area contributed by atoms with Gasteiger partial charge in [0.15, 0.2) is 12.4 Å². The fourth-order valence-corrected chi connectivity index (χ4v) is 3.35. The Morgan fingerprint density at radius 3 is 2.85 bits per heavy atom. The molecular formula is C21H28N4O2. The number of ether oxygens (including phenoxy) is 1. The molecule has 1 amide bonds. The van der Waals surface area contributed by atoms with Crippen LogP contribution in [0.3, 0.4) is 0 Å². The summed E-state index contributed by atoms with van der Waals surface area (Å²) in [5.74, 6) is 0.819. The van der Waals surface area contributed by atoms with Gasteiger partial charge in [-0.1, -0.05) is 23.8 Å². The zero-order valence-electron chi connectivity index (χ0n) is 16.2. The van der Waals surface area contributed by atoms with E-state index in [1.807, 2.05) is 30.0 Å². The summed E-state index contributed by atoms with van der Waals surface area (Å²) >= 11 is 0. The minimum Gasteiger partial charge on any atom is -0.471 e. The molecule has 0 unspecified atom stereocenters. The van der Waals surface area contributed by atoms with E-state index in [1.165, 1.54) is 5.56 Å². The van der Waals surface area contributed by atoms with Gasteiger partial charge in [-0.3, -0.25) is 9.69 Å². The van der Waals surface area contributed by atoms with E-state index in [1.54, 1.807) is 16.9 Å². The third-order valence-electron chi connectivity index (χ3n) is 4.81. The number of aryl methyl sites for hydroxylation is 2. The Bertz CT molecular complexity index is 799. The number of hydrogen-bond acceptors (Lipinski definition) is 4. The van der Waals surface area contributed by atoms with Crippen molar-refractivity contribution in [2.45, 2.75) is 27.0 Å². The lowest BCUT2D eigenvalue weighted by molar-refractivity contribution is 0.0754. The highest BCUT2D eigenvalue weighted by molar-refractivity contribution is 5.92. The molecule has 1 aromatic carbocycles. The van der Waals surface area contributed by atoms with Crippen molar-refractivity contribution >= 4 is 5.91 Å². The van der Waals surface area contributed by atoms with Crippen LogP contribution in [0.25, 0.3) is 0 Å². The predicted octanol–water partition coefficient (Wildman–Crippen LogP) is 2.87. The van der Waals surface area contributed by atoms with Crippen molar-refractivity contribution in [3.05, 3.63) is 59.9 Å². The normalized spacial score (nSPS) is 15.4. The Balaban J connectivity index is 1.58. The number of hydrogen-bond donors (Lipinski definition) is 0. The van der Waals surface area contributed by atoms with Crippen molar-refractivity contribution in [2.24, 2.45) is 0 Å². The van der Waals surface area contributed by atoms with Crippen LogP contribution in [0.4, 0.5) is 0 Å². The number of carbonyl (C=O) groups is 1. The number of amides is 1. The Hall–Kier alpha value is -2.60. The fraction of sp³-hybridized carbons (Fsp3) is 0.429. The average Bonchev–Trinajstić information content (AvgIpc) is 3.00. The van der Waals surface area contributed by atoms with Gasteiger partial charge in [0.25, 0.3) is 5.91 Å². The highest BCUT2D eigenvalue weighted by Gasteiger charge is 2.21. The summed E-state index contributed by atoms with van der Waals surface area (Å²) in [6.45, 7) is 12.4. The van der Waals surface area contributed by atoms with Crippen LogP contribution < -0.4 is 4.74 Å². The third-order valence-corrected chi connectivity index (χ3v) is 4.81. The van der Waals surface area contributed by atoms with Crippen molar-refractivity contribution in [3.8, 4) is 5.75 Å². The molecule has 1 aliphatic heterocycles. The van der Waals surface area contributed by atoms with Gasteiger partial charge in [0.2, 0.25) is 0 Å². The van der Waals surface area contributed by atoms with Crippen molar-refractivity contribution in [3.63, 3.8) is 0 Å². The molecule has 0 saturated carbocycles. The van der Waals surface area contributed by atoms with Gasteiger partial charge in [0.1, 0.15) is 5.75 Å². The summed E-state index contributed by atoms with van der Waals surface area (Å²) in [6.07, 6.45) is 4.67. The predicted molar refractivity (Wildman–Crippen MR) is 106 cm³/mol. The quantitative estimate of drug-likeness (QED) is 0.736. The maximum absolute atomic E-state index is 12.8. The van der Waals surface area contributed by atoms with E-state index in [9.17, 15) is 4.79 Å². The molecule has 0 N–H and O–H groups in total. The van der Waals surface area contributed by atoms with Crippen LogP contribution in [0.15, 0.2) is 43.1 Å². The summed E-state index contributed by atoms with van der Waals surface area (Å²) in [7, 11) is 0. The number of nitrogens with zero attached hydrogens (tertiary/aromatic N) is 4. The zero-order valence-corrected chi connectivity index (χ0v) is 16.2. The Labute approximate surface area is 161 Å². The lowest BCUT2D eigenvalue weighted by Gasteiger charge is -2.20. The molecule has 1 saturated heterocycles. The zero-order chi connectivity index (χ0) is 19.2. The minimum absolute atomic E-state index is 0.0132. The van der Waals surface area contributed by atoms with Crippen molar-refractivity contribution in [2.75, 3.05) is 32.7 Å². The fourth-order valence-electron chi connectivity index (χ4n) is 3.35. The smallest absolute Gasteiger partial charge is 0.274 e. The van der Waals surface area contributed by atoms with Gasteiger partial charge in [0.05, 0.1) is 0 Å². The molecule has 1 aromatic heterocycles. The van der Waals surface area contributed by atoms with E-state index in [4.69, 9.17) is 4.74 Å². The molecule has 1 aliphatic rings. The SMILES string of the molecule is C=CCN1CCCN(C(=O)c2ccn(COc3ccc(C)cc3C)n2)CC1. The van der Waals surface area contributed by atoms with E-state index < -0.39 is 0 Å². The van der Waals surface area contributed by atoms with Gasteiger partial charge in [-0.05, 0) is 38.0 Å². The van der Waals surface area contributed by atoms with Gasteiger partial charge in [0, 0.05) is 38.9 Å². The van der Waals surface area contributed by atoms with Crippen LogP contribution in [0, 0.1) is 13.8 Å². The summed E-state index contributed by atoms with van der Waals surface area (Å²) in [6, 6.07) is 7.84. The van der Waals surface area contributed by atoms with Gasteiger partial charge in [-0.25, -0.2) is 4.68 Å². The van der Waals surface area contributed by atoms with Crippen molar-refractivity contribution in [1.82, 2.24) is 19.6 Å². The van der Waals surface area contributed by atoms with Crippen LogP contribution >= 0.6 is 0 Å². The monoisotopic (exact) mass is 368 g/mol. The third kappa shape index (κ3) is 4.98. The van der Waals surface area contributed by atoms with E-state index >= 15 is 0 Å². The molecule has 27 heavy (non-hydrogen) atoms. The molecule has 6 heteroatoms. The van der Waals surface area contributed by atoms with E-state index in [0.717, 1.165) is 50.5 Å². The Morgan fingerprint density at radius 1 is 1.22 bits per heavy atom. The molecule has 0 bridgehead atoms. The van der Waals surface area contributed by atoms with Crippen LogP contribution in [-0.2, 0) is 6.73 Å². The first-order chi connectivity index (χ1) is 13.1. The molecule has 2 heterocycles. The first-order valence-corrected chi connectivity index (χ1v) is 9.43. The topological polar surface area (TPSA) is 50.6 Å². The van der Waals surface area contributed by atoms with Gasteiger partial charge in [-0.15, -0.1) is 6.58 Å². The van der Waals surface area contributed by atoms with Crippen molar-refractivity contribution < 1.29 is 9.53 Å². The van der Waals surface area contributed by atoms with Crippen LogP contribution in [0.5, 0.6) is 5.75 Å². The molecule has 2 aromatic rings. The van der Waals surface area contributed by atoms with Crippen molar-refractivity contribution in [1.29, 1.82) is 0 Å². The van der Waals surface area contributed by atoms with E-state index in [2.05, 4.69) is 29.6 Å². The van der Waals surface area contributed by atoms with Gasteiger partial charge >= 0.3 is 0 Å². The lowest BCUT2D eigenvalue weighted by atomic mass is 10.1. The second-order valence-corrected chi connectivity index (χ2v) is 7.02. The summed E-state index contributed by atoms with van der Waals surface area (Å²) in [5, 5.41) is 4.40. The molecule has 144 valence electrons. The average molecular weight is 368 g/mol. The second kappa shape index (κ2) is 8.86. The first kappa shape index (κ1) is 19.2. The summed E-state index contributed by atoms with van der Waals surface area (Å²) in [4.78, 5) is 17.0. The highest BCUT2D eigenvalue weighted by atomic mass is 16.5. The Kier molecular flexibility index (Phi) is 6.29. The number of rotatable bonds is 6. The molecule has 0 spiro atoms. The molecule has 1 fully saturated rings. The lowest BCUT2D eigenvalue weighted by Crippen LogP contribution is -2.35. The minimum atomic E-state index is -0.0132. The molecule has 0 atom stereocenters. The van der Waals surface area contributed by atoms with Crippen LogP contribution in [0.1, 0.15) is 28.0 Å². The molecule has 6 nitrogen and oxygen atoms in total. The van der Waals surface area contributed by atoms with Crippen LogP contribution in [0.2, 0.25) is 0 Å². The number of benzene rings is 1. The maximum atomic E-state index is 12.8. The molecular weight excluding hydrogens is 340 g/mol. The maximum Gasteiger partial charge on any atom is 0.274 e. The number of aromatic nitrogens is 2. The largest absolute Gasteiger partial charge is 0.471 e. The second-order valence-electron chi connectivity index (χ2n) is 7.02. The molecule has 0 aliphatic carbocycles. The van der Waals surface area contributed by atoms with Gasteiger partial charge < -0.3 is 9.64 Å². The van der Waals surface area contributed by atoms with Crippen LogP contribution in [-0.4, -0.2) is 58.2 Å². The van der Waals surface area contributed by atoms with E-state index in [0.29, 0.717) is 5.69 Å². The Morgan fingerprint density at radius 2 is 2.07 bits per heavy atom.